The van der Waals surface area contributed by atoms with Crippen molar-refractivity contribution >= 4 is 24.3 Å². The van der Waals surface area contributed by atoms with Gasteiger partial charge in [0.05, 0.1) is 5.35 Å². The molecule has 0 atom stereocenters. The summed E-state index contributed by atoms with van der Waals surface area (Å²) in [5, 5.41) is 5.47. The van der Waals surface area contributed by atoms with Crippen LogP contribution < -0.4 is 15.9 Å². The number of aryl methyl sites for hydroxylation is 3. The molecule has 1 N–H and O–H groups in total. The molecule has 0 spiro atoms. The van der Waals surface area contributed by atoms with E-state index in [1.165, 1.54) is 11.1 Å². The maximum absolute atomic E-state index is 4.51. The fraction of sp³-hybridized carbons (Fsp3) is 0.278. The molecule has 0 aliphatic heterocycles. The molecule has 0 unspecified atom stereocenters. The molecule has 0 saturated carbocycles. The highest BCUT2D eigenvalue weighted by Gasteiger charge is 2.05. The number of benzene rings is 1. The molecule has 2 aromatic rings. The molecule has 3 nitrogen and oxygen atoms in total. The van der Waals surface area contributed by atoms with Crippen molar-refractivity contribution in [2.75, 3.05) is 5.32 Å². The monoisotopic (exact) mass is 281 g/mol. The molecule has 0 bridgehead atoms. The zero-order chi connectivity index (χ0) is 15.4. The minimum absolute atomic E-state index is 0.835. The Morgan fingerprint density at radius 2 is 2.10 bits per heavy atom. The maximum atomic E-state index is 4.51. The molecular weight excluding hydrogens is 258 g/mol. The number of aromatic nitrogens is 1. The van der Waals surface area contributed by atoms with Crippen molar-refractivity contribution in [2.24, 2.45) is 4.99 Å². The standard InChI is InChI=1S/C18H23N3/c1-6-19-18(17-14(4)10-11-21(17)7-2)20-16-9-8-13(3)12-15(16)5/h6,8-12,20H,4,7H2,1-3,5H3/b18-17-,19-6?. The maximum Gasteiger partial charge on any atom is 0.154 e. The smallest absolute Gasteiger partial charge is 0.154 e. The Kier molecular flexibility index (Phi) is 4.63. The number of anilines is 1. The summed E-state index contributed by atoms with van der Waals surface area (Å²) in [6.07, 6.45) is 3.85. The van der Waals surface area contributed by atoms with Crippen LogP contribution in [0.15, 0.2) is 35.5 Å². The number of hydrogen-bond donors (Lipinski definition) is 1. The summed E-state index contributed by atoms with van der Waals surface area (Å²) in [6, 6.07) is 8.39. The van der Waals surface area contributed by atoms with Crippen LogP contribution in [0.25, 0.3) is 12.4 Å². The van der Waals surface area contributed by atoms with Gasteiger partial charge in [0, 0.05) is 24.6 Å². The van der Waals surface area contributed by atoms with Gasteiger partial charge in [-0.25, -0.2) is 4.99 Å². The van der Waals surface area contributed by atoms with Gasteiger partial charge < -0.3 is 9.88 Å². The van der Waals surface area contributed by atoms with Crippen LogP contribution in [0.2, 0.25) is 0 Å². The lowest BCUT2D eigenvalue weighted by atomic mass is 10.1. The van der Waals surface area contributed by atoms with Crippen LogP contribution >= 0.6 is 0 Å². The Labute approximate surface area is 126 Å². The number of nitrogens with zero attached hydrogens (tertiary/aromatic N) is 2. The third-order valence-electron chi connectivity index (χ3n) is 3.51. The SMILES string of the molecule is C=c1ccn(CC)/c1=C(/N=CC)Nc1ccc(C)cc1C. The van der Waals surface area contributed by atoms with Gasteiger partial charge in [-0.15, -0.1) is 0 Å². The van der Waals surface area contributed by atoms with Gasteiger partial charge in [-0.2, -0.15) is 0 Å². The van der Waals surface area contributed by atoms with Gasteiger partial charge in [0.1, 0.15) is 0 Å². The Hall–Kier alpha value is -2.29. The lowest BCUT2D eigenvalue weighted by molar-refractivity contribution is 0.740. The summed E-state index contributed by atoms with van der Waals surface area (Å²) in [5.41, 5.74) is 3.54. The van der Waals surface area contributed by atoms with E-state index in [1.54, 1.807) is 6.21 Å². The predicted octanol–water partition coefficient (Wildman–Crippen LogP) is 2.80. The quantitative estimate of drug-likeness (QED) is 0.858. The van der Waals surface area contributed by atoms with Crippen LogP contribution in [-0.2, 0) is 6.54 Å². The van der Waals surface area contributed by atoms with Gasteiger partial charge in [-0.05, 0) is 50.6 Å². The second-order valence-electron chi connectivity index (χ2n) is 5.15. The van der Waals surface area contributed by atoms with Gasteiger partial charge >= 0.3 is 0 Å². The first-order chi connectivity index (χ1) is 10.1. The number of aliphatic imine (C=N–C) groups is 1. The average Bonchev–Trinajstić information content (AvgIpc) is 2.82. The van der Waals surface area contributed by atoms with E-state index in [1.807, 2.05) is 19.2 Å². The molecule has 0 saturated heterocycles. The molecule has 110 valence electrons. The van der Waals surface area contributed by atoms with Crippen molar-refractivity contribution in [3.05, 3.63) is 52.2 Å². The molecule has 1 heterocycles. The highest BCUT2D eigenvalue weighted by atomic mass is 15.1. The molecule has 0 fully saturated rings. The minimum atomic E-state index is 0.835. The van der Waals surface area contributed by atoms with Crippen molar-refractivity contribution in [1.29, 1.82) is 0 Å². The highest BCUT2D eigenvalue weighted by molar-refractivity contribution is 5.72. The van der Waals surface area contributed by atoms with Crippen molar-refractivity contribution in [1.82, 2.24) is 4.57 Å². The van der Waals surface area contributed by atoms with Gasteiger partial charge in [0.2, 0.25) is 0 Å². The summed E-state index contributed by atoms with van der Waals surface area (Å²) >= 11 is 0. The van der Waals surface area contributed by atoms with Gasteiger partial charge in [-0.1, -0.05) is 24.3 Å². The molecule has 0 aliphatic carbocycles. The van der Waals surface area contributed by atoms with Crippen molar-refractivity contribution in [3.8, 4) is 0 Å². The topological polar surface area (TPSA) is 29.3 Å². The van der Waals surface area contributed by atoms with Crippen molar-refractivity contribution in [2.45, 2.75) is 34.2 Å². The highest BCUT2D eigenvalue weighted by Crippen LogP contribution is 2.18. The normalized spacial score (nSPS) is 12.8. The largest absolute Gasteiger partial charge is 0.345 e. The van der Waals surface area contributed by atoms with Crippen molar-refractivity contribution < 1.29 is 0 Å². The lowest BCUT2D eigenvalue weighted by Gasteiger charge is -2.11. The van der Waals surface area contributed by atoms with E-state index < -0.39 is 0 Å². The Balaban J connectivity index is 2.60. The first kappa shape index (κ1) is 15.1. The molecule has 1 aromatic carbocycles. The molecule has 1 aromatic heterocycles. The van der Waals surface area contributed by atoms with Gasteiger partial charge in [0.15, 0.2) is 5.82 Å². The minimum Gasteiger partial charge on any atom is -0.345 e. The van der Waals surface area contributed by atoms with E-state index >= 15 is 0 Å². The van der Waals surface area contributed by atoms with E-state index in [0.717, 1.165) is 28.6 Å². The number of nitrogens with one attached hydrogen (secondary N) is 1. The summed E-state index contributed by atoms with van der Waals surface area (Å²) in [4.78, 5) is 4.51. The molecular formula is C18H23N3. The summed E-state index contributed by atoms with van der Waals surface area (Å²) in [5.74, 6) is 0.835. The van der Waals surface area contributed by atoms with E-state index in [4.69, 9.17) is 0 Å². The van der Waals surface area contributed by atoms with Crippen LogP contribution in [0.4, 0.5) is 5.69 Å². The van der Waals surface area contributed by atoms with E-state index in [-0.39, 0.29) is 0 Å². The fourth-order valence-electron chi connectivity index (χ4n) is 2.43. The fourth-order valence-corrected chi connectivity index (χ4v) is 2.43. The molecule has 3 heteroatoms. The van der Waals surface area contributed by atoms with Crippen molar-refractivity contribution in [3.63, 3.8) is 0 Å². The van der Waals surface area contributed by atoms with Crippen LogP contribution in [0.1, 0.15) is 25.0 Å². The molecule has 0 amide bonds. The third-order valence-corrected chi connectivity index (χ3v) is 3.51. The summed E-state index contributed by atoms with van der Waals surface area (Å²) in [7, 11) is 0. The average molecular weight is 281 g/mol. The Morgan fingerprint density at radius 3 is 2.71 bits per heavy atom. The van der Waals surface area contributed by atoms with Crippen LogP contribution in [0, 0.1) is 13.8 Å². The predicted molar refractivity (Wildman–Crippen MR) is 92.0 cm³/mol. The van der Waals surface area contributed by atoms with E-state index in [2.05, 4.69) is 60.4 Å². The Bertz CT molecular complexity index is 766. The molecule has 21 heavy (non-hydrogen) atoms. The second-order valence-corrected chi connectivity index (χ2v) is 5.15. The lowest BCUT2D eigenvalue weighted by Crippen LogP contribution is -2.32. The van der Waals surface area contributed by atoms with Crippen LogP contribution in [0.5, 0.6) is 0 Å². The first-order valence-electron chi connectivity index (χ1n) is 7.28. The van der Waals surface area contributed by atoms with Crippen LogP contribution in [0.3, 0.4) is 0 Å². The Morgan fingerprint density at radius 1 is 1.33 bits per heavy atom. The number of hydrogen-bond acceptors (Lipinski definition) is 2. The van der Waals surface area contributed by atoms with Gasteiger partial charge in [0.25, 0.3) is 0 Å². The van der Waals surface area contributed by atoms with Gasteiger partial charge in [-0.3, -0.25) is 0 Å². The zero-order valence-electron chi connectivity index (χ0n) is 13.3. The third kappa shape index (κ3) is 3.24. The molecule has 2 rings (SSSR count). The second kappa shape index (κ2) is 6.44. The zero-order valence-corrected chi connectivity index (χ0v) is 13.3. The van der Waals surface area contributed by atoms with E-state index in [9.17, 15) is 0 Å². The summed E-state index contributed by atoms with van der Waals surface area (Å²) in [6.45, 7) is 13.2. The van der Waals surface area contributed by atoms with E-state index in [0.29, 0.717) is 0 Å². The number of rotatable bonds is 4. The molecule has 0 radical (unpaired) electrons. The van der Waals surface area contributed by atoms with Crippen LogP contribution in [-0.4, -0.2) is 10.8 Å². The molecule has 0 aliphatic rings. The summed E-state index contributed by atoms with van der Waals surface area (Å²) < 4.78 is 2.15. The first-order valence-corrected chi connectivity index (χ1v) is 7.28.